The SMILES string of the molecule is Cc1ccc(OCCCC(=O)N/N=C/c2ccc(Cl)cc2)c(Br)c1. The van der Waals surface area contributed by atoms with Crippen LogP contribution in [0.15, 0.2) is 52.0 Å². The van der Waals surface area contributed by atoms with Crippen LogP contribution in [0, 0.1) is 6.92 Å². The number of hydrogen-bond acceptors (Lipinski definition) is 3. The number of carbonyl (C=O) groups is 1. The third-order valence-corrected chi connectivity index (χ3v) is 4.04. The summed E-state index contributed by atoms with van der Waals surface area (Å²) in [5, 5.41) is 4.58. The molecule has 1 N–H and O–H groups in total. The molecular weight excluding hydrogens is 392 g/mol. The molecule has 0 aliphatic rings. The molecule has 0 bridgehead atoms. The average molecular weight is 410 g/mol. The molecule has 0 aliphatic carbocycles. The Bertz CT molecular complexity index is 717. The standard InChI is InChI=1S/C18H18BrClN2O2/c1-13-4-9-17(16(19)11-13)24-10-2-3-18(23)22-21-12-14-5-7-15(20)8-6-14/h4-9,11-12H,2-3,10H2,1H3,(H,22,23)/b21-12+. The zero-order valence-corrected chi connectivity index (χ0v) is 15.6. The third-order valence-electron chi connectivity index (χ3n) is 3.17. The van der Waals surface area contributed by atoms with Crippen LogP contribution in [0.1, 0.15) is 24.0 Å². The number of halogens is 2. The van der Waals surface area contributed by atoms with Gasteiger partial charge in [0.15, 0.2) is 0 Å². The smallest absolute Gasteiger partial charge is 0.240 e. The van der Waals surface area contributed by atoms with Gasteiger partial charge in [0.05, 0.1) is 17.3 Å². The zero-order valence-electron chi connectivity index (χ0n) is 13.3. The molecule has 0 aliphatic heterocycles. The highest BCUT2D eigenvalue weighted by Gasteiger charge is 2.03. The Morgan fingerprint density at radius 2 is 2.04 bits per heavy atom. The summed E-state index contributed by atoms with van der Waals surface area (Å²) in [5.74, 6) is 0.633. The Kier molecular flexibility index (Phi) is 7.28. The van der Waals surface area contributed by atoms with Crippen LogP contribution >= 0.6 is 27.5 Å². The van der Waals surface area contributed by atoms with Gasteiger partial charge in [0, 0.05) is 11.4 Å². The molecule has 0 saturated heterocycles. The fraction of sp³-hybridized carbons (Fsp3) is 0.222. The van der Waals surface area contributed by atoms with Crippen LogP contribution in [0.25, 0.3) is 0 Å². The number of amides is 1. The molecule has 126 valence electrons. The Labute approximate surface area is 155 Å². The van der Waals surface area contributed by atoms with Crippen molar-refractivity contribution >= 4 is 39.7 Å². The van der Waals surface area contributed by atoms with Gasteiger partial charge >= 0.3 is 0 Å². The predicted octanol–water partition coefficient (Wildman–Crippen LogP) is 4.72. The van der Waals surface area contributed by atoms with Gasteiger partial charge in [-0.2, -0.15) is 5.10 Å². The van der Waals surface area contributed by atoms with Crippen molar-refractivity contribution in [3.05, 3.63) is 63.1 Å². The lowest BCUT2D eigenvalue weighted by Gasteiger charge is -2.08. The van der Waals surface area contributed by atoms with Gasteiger partial charge in [-0.1, -0.05) is 29.8 Å². The Morgan fingerprint density at radius 3 is 2.75 bits per heavy atom. The van der Waals surface area contributed by atoms with Crippen molar-refractivity contribution in [1.82, 2.24) is 5.43 Å². The van der Waals surface area contributed by atoms with Crippen LogP contribution in [0.2, 0.25) is 5.02 Å². The highest BCUT2D eigenvalue weighted by molar-refractivity contribution is 9.10. The molecule has 0 atom stereocenters. The van der Waals surface area contributed by atoms with E-state index in [0.29, 0.717) is 24.5 Å². The number of benzene rings is 2. The molecule has 2 rings (SSSR count). The minimum atomic E-state index is -0.146. The Balaban J connectivity index is 1.67. The van der Waals surface area contributed by atoms with Crippen molar-refractivity contribution in [3.63, 3.8) is 0 Å². The van der Waals surface area contributed by atoms with E-state index in [9.17, 15) is 4.79 Å². The summed E-state index contributed by atoms with van der Waals surface area (Å²) in [4.78, 5) is 11.7. The number of carbonyl (C=O) groups excluding carboxylic acids is 1. The highest BCUT2D eigenvalue weighted by atomic mass is 79.9. The van der Waals surface area contributed by atoms with Crippen molar-refractivity contribution in [1.29, 1.82) is 0 Å². The molecule has 2 aromatic rings. The molecular formula is C18H18BrClN2O2. The van der Waals surface area contributed by atoms with E-state index in [1.54, 1.807) is 18.3 Å². The van der Waals surface area contributed by atoms with Gasteiger partial charge in [0.1, 0.15) is 5.75 Å². The molecule has 0 spiro atoms. The van der Waals surface area contributed by atoms with Crippen LogP contribution in [-0.4, -0.2) is 18.7 Å². The first-order valence-corrected chi connectivity index (χ1v) is 8.68. The third kappa shape index (κ3) is 6.34. The molecule has 24 heavy (non-hydrogen) atoms. The van der Waals surface area contributed by atoms with E-state index >= 15 is 0 Å². The maximum absolute atomic E-state index is 11.7. The van der Waals surface area contributed by atoms with Crippen molar-refractivity contribution in [2.75, 3.05) is 6.61 Å². The van der Waals surface area contributed by atoms with Gasteiger partial charge in [0.2, 0.25) is 5.91 Å². The fourth-order valence-corrected chi connectivity index (χ4v) is 2.66. The van der Waals surface area contributed by atoms with Crippen molar-refractivity contribution in [2.45, 2.75) is 19.8 Å². The summed E-state index contributed by atoms with van der Waals surface area (Å²) in [6.45, 7) is 2.49. The van der Waals surface area contributed by atoms with E-state index in [4.69, 9.17) is 16.3 Å². The first-order valence-electron chi connectivity index (χ1n) is 7.51. The molecule has 0 fully saturated rings. The summed E-state index contributed by atoms with van der Waals surface area (Å²) in [6.07, 6.45) is 2.54. The second-order valence-electron chi connectivity index (χ2n) is 5.23. The normalized spacial score (nSPS) is 10.8. The average Bonchev–Trinajstić information content (AvgIpc) is 2.55. The molecule has 0 aromatic heterocycles. The number of nitrogens with zero attached hydrogens (tertiary/aromatic N) is 1. The van der Waals surface area contributed by atoms with E-state index < -0.39 is 0 Å². The zero-order chi connectivity index (χ0) is 17.4. The van der Waals surface area contributed by atoms with Gasteiger partial charge < -0.3 is 4.74 Å². The summed E-state index contributed by atoms with van der Waals surface area (Å²) < 4.78 is 6.57. The molecule has 6 heteroatoms. The molecule has 0 saturated carbocycles. The summed E-state index contributed by atoms with van der Waals surface area (Å²) >= 11 is 9.26. The highest BCUT2D eigenvalue weighted by Crippen LogP contribution is 2.25. The predicted molar refractivity (Wildman–Crippen MR) is 101 cm³/mol. The minimum Gasteiger partial charge on any atom is -0.492 e. The monoisotopic (exact) mass is 408 g/mol. The number of nitrogens with one attached hydrogen (secondary N) is 1. The van der Waals surface area contributed by atoms with Crippen LogP contribution in [0.3, 0.4) is 0 Å². The number of ether oxygens (including phenoxy) is 1. The van der Waals surface area contributed by atoms with Gasteiger partial charge in [-0.25, -0.2) is 5.43 Å². The van der Waals surface area contributed by atoms with Gasteiger partial charge in [-0.15, -0.1) is 0 Å². The van der Waals surface area contributed by atoms with Crippen LogP contribution in [-0.2, 0) is 4.79 Å². The molecule has 2 aromatic carbocycles. The lowest BCUT2D eigenvalue weighted by Crippen LogP contribution is -2.18. The largest absolute Gasteiger partial charge is 0.492 e. The summed E-state index contributed by atoms with van der Waals surface area (Å²) in [7, 11) is 0. The van der Waals surface area contributed by atoms with E-state index in [1.807, 2.05) is 37.3 Å². The van der Waals surface area contributed by atoms with Crippen LogP contribution in [0.4, 0.5) is 0 Å². The summed E-state index contributed by atoms with van der Waals surface area (Å²) in [5.41, 5.74) is 4.52. The van der Waals surface area contributed by atoms with Gasteiger partial charge in [-0.05, 0) is 64.7 Å². The molecule has 4 nitrogen and oxygen atoms in total. The lowest BCUT2D eigenvalue weighted by molar-refractivity contribution is -0.121. The van der Waals surface area contributed by atoms with E-state index in [2.05, 4.69) is 26.5 Å². The second-order valence-corrected chi connectivity index (χ2v) is 6.52. The van der Waals surface area contributed by atoms with Crippen molar-refractivity contribution < 1.29 is 9.53 Å². The van der Waals surface area contributed by atoms with Crippen molar-refractivity contribution in [3.8, 4) is 5.75 Å². The number of hydrogen-bond donors (Lipinski definition) is 1. The topological polar surface area (TPSA) is 50.7 Å². The van der Waals surface area contributed by atoms with E-state index in [-0.39, 0.29) is 5.91 Å². The van der Waals surface area contributed by atoms with E-state index in [1.165, 1.54) is 0 Å². The Morgan fingerprint density at radius 1 is 1.29 bits per heavy atom. The second kappa shape index (κ2) is 9.45. The van der Waals surface area contributed by atoms with Gasteiger partial charge in [0.25, 0.3) is 0 Å². The first-order chi connectivity index (χ1) is 11.5. The molecule has 0 heterocycles. The number of rotatable bonds is 7. The number of aryl methyl sites for hydroxylation is 1. The Hall–Kier alpha value is -1.85. The lowest BCUT2D eigenvalue weighted by atomic mass is 10.2. The number of hydrazone groups is 1. The fourth-order valence-electron chi connectivity index (χ4n) is 1.92. The van der Waals surface area contributed by atoms with Crippen LogP contribution < -0.4 is 10.2 Å². The first kappa shape index (κ1) is 18.5. The summed E-state index contributed by atoms with van der Waals surface area (Å²) in [6, 6.07) is 13.1. The van der Waals surface area contributed by atoms with E-state index in [0.717, 1.165) is 21.3 Å². The maximum Gasteiger partial charge on any atom is 0.240 e. The molecule has 0 radical (unpaired) electrons. The quantitative estimate of drug-likeness (QED) is 0.409. The molecule has 1 amide bonds. The van der Waals surface area contributed by atoms with Crippen LogP contribution in [0.5, 0.6) is 5.75 Å². The van der Waals surface area contributed by atoms with Gasteiger partial charge in [-0.3, -0.25) is 4.79 Å². The maximum atomic E-state index is 11.7. The molecule has 0 unspecified atom stereocenters. The minimum absolute atomic E-state index is 0.146. The van der Waals surface area contributed by atoms with Crippen molar-refractivity contribution in [2.24, 2.45) is 5.10 Å².